The molecule has 9 nitrogen and oxygen atoms in total. The maximum absolute atomic E-state index is 12.6. The van der Waals surface area contributed by atoms with Crippen molar-refractivity contribution in [3.05, 3.63) is 54.1 Å². The summed E-state index contributed by atoms with van der Waals surface area (Å²) in [6.45, 7) is 6.27. The number of hydrogen-bond donors (Lipinski definition) is 3. The Labute approximate surface area is 188 Å². The maximum atomic E-state index is 12.6. The summed E-state index contributed by atoms with van der Waals surface area (Å²) in [5, 5.41) is 5.33. The van der Waals surface area contributed by atoms with Crippen LogP contribution < -0.4 is 20.3 Å². The average molecular weight is 461 g/mol. The minimum atomic E-state index is -3.89. The minimum Gasteiger partial charge on any atom is -0.378 e. The quantitative estimate of drug-likeness (QED) is 0.549. The lowest BCUT2D eigenvalue weighted by Crippen LogP contribution is -2.44. The standard InChI is InChI=1S/C22H28N4O5S/c1-16(25-32(29,30)21-9-5-19(6-10-21)24-17(2)27)22(28)23-15-18-3-7-20(8-4-18)26-11-13-31-14-12-26/h3-10,16,25H,11-15H2,1-2H3,(H,23,28)(H,24,27)/t16-/m0/s1. The van der Waals surface area contributed by atoms with E-state index in [1.165, 1.54) is 38.1 Å². The van der Waals surface area contributed by atoms with Crippen LogP contribution in [0.15, 0.2) is 53.4 Å². The smallest absolute Gasteiger partial charge is 0.241 e. The molecule has 10 heteroatoms. The number of sulfonamides is 1. The highest BCUT2D eigenvalue weighted by Crippen LogP contribution is 2.17. The van der Waals surface area contributed by atoms with Crippen molar-refractivity contribution < 1.29 is 22.7 Å². The van der Waals surface area contributed by atoms with E-state index in [0.29, 0.717) is 25.4 Å². The van der Waals surface area contributed by atoms with E-state index in [9.17, 15) is 18.0 Å². The second kappa shape index (κ2) is 10.6. The SMILES string of the molecule is CC(=O)Nc1ccc(S(=O)(=O)N[C@@H](C)C(=O)NCc2ccc(N3CCOCC3)cc2)cc1. The van der Waals surface area contributed by atoms with Gasteiger partial charge in [0, 0.05) is 37.9 Å². The van der Waals surface area contributed by atoms with E-state index in [1.807, 2.05) is 24.3 Å². The monoisotopic (exact) mass is 460 g/mol. The van der Waals surface area contributed by atoms with Gasteiger partial charge in [-0.25, -0.2) is 8.42 Å². The number of morpholine rings is 1. The Morgan fingerprint density at radius 2 is 1.66 bits per heavy atom. The van der Waals surface area contributed by atoms with Crippen LogP contribution in [0.3, 0.4) is 0 Å². The number of hydrogen-bond acceptors (Lipinski definition) is 6. The number of amides is 2. The van der Waals surface area contributed by atoms with E-state index in [2.05, 4.69) is 20.3 Å². The molecule has 0 aliphatic carbocycles. The number of anilines is 2. The van der Waals surface area contributed by atoms with Crippen LogP contribution >= 0.6 is 0 Å². The highest BCUT2D eigenvalue weighted by atomic mass is 32.2. The first kappa shape index (κ1) is 23.7. The first-order valence-corrected chi connectivity index (χ1v) is 11.8. The van der Waals surface area contributed by atoms with Gasteiger partial charge in [0.15, 0.2) is 0 Å². The molecule has 1 heterocycles. The lowest BCUT2D eigenvalue weighted by molar-refractivity contribution is -0.122. The number of carbonyl (C=O) groups excluding carboxylic acids is 2. The van der Waals surface area contributed by atoms with Crippen LogP contribution in [0, 0.1) is 0 Å². The predicted molar refractivity (Wildman–Crippen MR) is 122 cm³/mol. The fraction of sp³-hybridized carbons (Fsp3) is 0.364. The van der Waals surface area contributed by atoms with Crippen molar-refractivity contribution in [1.82, 2.24) is 10.0 Å². The van der Waals surface area contributed by atoms with Gasteiger partial charge in [0.05, 0.1) is 24.2 Å². The number of nitrogens with one attached hydrogen (secondary N) is 3. The van der Waals surface area contributed by atoms with Gasteiger partial charge < -0.3 is 20.3 Å². The van der Waals surface area contributed by atoms with E-state index >= 15 is 0 Å². The lowest BCUT2D eigenvalue weighted by Gasteiger charge is -2.28. The Morgan fingerprint density at radius 3 is 2.25 bits per heavy atom. The third-order valence-corrected chi connectivity index (χ3v) is 6.55. The molecule has 0 radical (unpaired) electrons. The van der Waals surface area contributed by atoms with E-state index in [4.69, 9.17) is 4.74 Å². The van der Waals surface area contributed by atoms with Crippen LogP contribution in [0.2, 0.25) is 0 Å². The molecule has 0 bridgehead atoms. The molecule has 1 aliphatic rings. The molecule has 1 saturated heterocycles. The summed E-state index contributed by atoms with van der Waals surface area (Å²) in [5.41, 5.74) is 2.51. The summed E-state index contributed by atoms with van der Waals surface area (Å²) < 4.78 is 32.8. The fourth-order valence-electron chi connectivity index (χ4n) is 3.26. The molecule has 0 saturated carbocycles. The first-order chi connectivity index (χ1) is 15.2. The van der Waals surface area contributed by atoms with Crippen LogP contribution in [-0.4, -0.2) is 52.6 Å². The van der Waals surface area contributed by atoms with Crippen LogP contribution in [-0.2, 0) is 30.9 Å². The van der Waals surface area contributed by atoms with Gasteiger partial charge in [0.2, 0.25) is 21.8 Å². The van der Waals surface area contributed by atoms with Crippen LogP contribution in [0.4, 0.5) is 11.4 Å². The highest BCUT2D eigenvalue weighted by Gasteiger charge is 2.22. The van der Waals surface area contributed by atoms with Gasteiger partial charge in [-0.05, 0) is 48.9 Å². The van der Waals surface area contributed by atoms with Crippen molar-refractivity contribution in [3.8, 4) is 0 Å². The van der Waals surface area contributed by atoms with E-state index in [0.717, 1.165) is 24.3 Å². The molecule has 0 spiro atoms. The zero-order valence-electron chi connectivity index (χ0n) is 18.1. The molecule has 2 aromatic rings. The highest BCUT2D eigenvalue weighted by molar-refractivity contribution is 7.89. The molecule has 2 amide bonds. The van der Waals surface area contributed by atoms with Crippen LogP contribution in [0.1, 0.15) is 19.4 Å². The normalized spacial score (nSPS) is 15.1. The molecular formula is C22H28N4O5S. The lowest BCUT2D eigenvalue weighted by atomic mass is 10.2. The predicted octanol–water partition coefficient (Wildman–Crippen LogP) is 1.46. The zero-order valence-corrected chi connectivity index (χ0v) is 18.9. The molecule has 172 valence electrons. The molecule has 3 N–H and O–H groups in total. The number of nitrogens with zero attached hydrogens (tertiary/aromatic N) is 1. The summed E-state index contributed by atoms with van der Waals surface area (Å²) in [6, 6.07) is 12.6. The second-order valence-corrected chi connectivity index (χ2v) is 9.25. The van der Waals surface area contributed by atoms with Gasteiger partial charge in [-0.2, -0.15) is 4.72 Å². The second-order valence-electron chi connectivity index (χ2n) is 7.53. The fourth-order valence-corrected chi connectivity index (χ4v) is 4.47. The van der Waals surface area contributed by atoms with Crippen molar-refractivity contribution in [2.24, 2.45) is 0 Å². The van der Waals surface area contributed by atoms with E-state index in [1.54, 1.807) is 0 Å². The Kier molecular flexibility index (Phi) is 7.84. The molecule has 0 unspecified atom stereocenters. The topological polar surface area (TPSA) is 117 Å². The summed E-state index contributed by atoms with van der Waals surface area (Å²) in [6.07, 6.45) is 0. The number of benzene rings is 2. The summed E-state index contributed by atoms with van der Waals surface area (Å²) in [5.74, 6) is -0.680. The minimum absolute atomic E-state index is 0.00459. The van der Waals surface area contributed by atoms with Crippen molar-refractivity contribution in [2.45, 2.75) is 31.3 Å². The van der Waals surface area contributed by atoms with E-state index < -0.39 is 22.0 Å². The van der Waals surface area contributed by atoms with Crippen molar-refractivity contribution in [3.63, 3.8) is 0 Å². The number of ether oxygens (including phenoxy) is 1. The Hall–Kier alpha value is -2.95. The molecule has 1 fully saturated rings. The van der Waals surface area contributed by atoms with Gasteiger partial charge in [0.25, 0.3) is 0 Å². The third-order valence-electron chi connectivity index (χ3n) is 4.99. The van der Waals surface area contributed by atoms with Gasteiger partial charge >= 0.3 is 0 Å². The Balaban J connectivity index is 1.52. The van der Waals surface area contributed by atoms with Crippen molar-refractivity contribution in [2.75, 3.05) is 36.5 Å². The largest absolute Gasteiger partial charge is 0.378 e. The van der Waals surface area contributed by atoms with Gasteiger partial charge in [-0.3, -0.25) is 9.59 Å². The van der Waals surface area contributed by atoms with Crippen LogP contribution in [0.25, 0.3) is 0 Å². The summed E-state index contributed by atoms with van der Waals surface area (Å²) >= 11 is 0. The molecule has 1 atom stereocenters. The first-order valence-electron chi connectivity index (χ1n) is 10.3. The summed E-state index contributed by atoms with van der Waals surface area (Å²) in [4.78, 5) is 25.7. The van der Waals surface area contributed by atoms with Gasteiger partial charge in [0.1, 0.15) is 0 Å². The zero-order chi connectivity index (χ0) is 23.1. The molecule has 2 aromatic carbocycles. The van der Waals surface area contributed by atoms with E-state index in [-0.39, 0.29) is 10.8 Å². The third kappa shape index (κ3) is 6.52. The Morgan fingerprint density at radius 1 is 1.03 bits per heavy atom. The van der Waals surface area contributed by atoms with Gasteiger partial charge in [-0.15, -0.1) is 0 Å². The molecule has 32 heavy (non-hydrogen) atoms. The Bertz CT molecular complexity index is 1030. The summed E-state index contributed by atoms with van der Waals surface area (Å²) in [7, 11) is -3.89. The van der Waals surface area contributed by atoms with Gasteiger partial charge in [-0.1, -0.05) is 12.1 Å². The van der Waals surface area contributed by atoms with Crippen LogP contribution in [0.5, 0.6) is 0 Å². The molecule has 1 aliphatic heterocycles. The van der Waals surface area contributed by atoms with Crippen molar-refractivity contribution in [1.29, 1.82) is 0 Å². The average Bonchev–Trinajstić information content (AvgIpc) is 2.78. The number of carbonyl (C=O) groups is 2. The molecule has 3 rings (SSSR count). The van der Waals surface area contributed by atoms with Crippen molar-refractivity contribution >= 4 is 33.2 Å². The maximum Gasteiger partial charge on any atom is 0.241 e. The molecule has 0 aromatic heterocycles. The number of rotatable bonds is 8. The molecular weight excluding hydrogens is 432 g/mol.